The summed E-state index contributed by atoms with van der Waals surface area (Å²) in [6.07, 6.45) is 0.299. The molecule has 0 fully saturated rings. The summed E-state index contributed by atoms with van der Waals surface area (Å²) in [5.74, 6) is -0.200. The van der Waals surface area contributed by atoms with E-state index in [0.717, 1.165) is 11.3 Å². The fourth-order valence-corrected chi connectivity index (χ4v) is 1.74. The van der Waals surface area contributed by atoms with E-state index in [1.807, 2.05) is 33.0 Å². The van der Waals surface area contributed by atoms with Crippen molar-refractivity contribution in [1.29, 1.82) is 0 Å². The third kappa shape index (κ3) is 4.62. The number of benzene rings is 1. The Labute approximate surface area is 113 Å². The fourth-order valence-electron chi connectivity index (χ4n) is 1.74. The highest BCUT2D eigenvalue weighted by atomic mass is 16.2. The van der Waals surface area contributed by atoms with E-state index in [9.17, 15) is 9.59 Å². The predicted octanol–water partition coefficient (Wildman–Crippen LogP) is 1.29. The molecule has 0 aliphatic carbocycles. The molecule has 1 aromatic rings. The molecule has 104 valence electrons. The Hall–Kier alpha value is -2.04. The van der Waals surface area contributed by atoms with Crippen molar-refractivity contribution in [2.75, 3.05) is 25.5 Å². The van der Waals surface area contributed by atoms with Crippen LogP contribution < -0.4 is 16.0 Å². The van der Waals surface area contributed by atoms with Gasteiger partial charge in [0.25, 0.3) is 5.91 Å². The summed E-state index contributed by atoms with van der Waals surface area (Å²) < 4.78 is 0. The molecule has 0 heterocycles. The largest absolute Gasteiger partial charge is 0.388 e. The standard InChI is InChI=1S/C14H21N3O2/c1-4-16-13(18)7-8-17-14(19)12-6-5-11(15-3)9-10(12)2/h5-6,9,15H,4,7-8H2,1-3H3,(H,16,18)(H,17,19). The van der Waals surface area contributed by atoms with Gasteiger partial charge < -0.3 is 16.0 Å². The summed E-state index contributed by atoms with van der Waals surface area (Å²) in [5, 5.41) is 8.45. The molecule has 5 heteroatoms. The van der Waals surface area contributed by atoms with Crippen LogP contribution >= 0.6 is 0 Å². The lowest BCUT2D eigenvalue weighted by molar-refractivity contribution is -0.120. The first-order chi connectivity index (χ1) is 9.08. The quantitative estimate of drug-likeness (QED) is 0.724. The first kappa shape index (κ1) is 15.0. The van der Waals surface area contributed by atoms with Crippen LogP contribution in [0, 0.1) is 6.92 Å². The van der Waals surface area contributed by atoms with E-state index in [4.69, 9.17) is 0 Å². The molecule has 0 saturated carbocycles. The van der Waals surface area contributed by atoms with Crippen molar-refractivity contribution in [1.82, 2.24) is 10.6 Å². The topological polar surface area (TPSA) is 70.2 Å². The number of nitrogens with one attached hydrogen (secondary N) is 3. The molecule has 0 radical (unpaired) electrons. The Morgan fingerprint density at radius 1 is 1.21 bits per heavy atom. The average Bonchev–Trinajstić information content (AvgIpc) is 2.38. The lowest BCUT2D eigenvalue weighted by atomic mass is 10.1. The zero-order valence-corrected chi connectivity index (χ0v) is 11.7. The van der Waals surface area contributed by atoms with E-state index in [0.29, 0.717) is 25.1 Å². The highest BCUT2D eigenvalue weighted by Crippen LogP contribution is 2.14. The van der Waals surface area contributed by atoms with Crippen molar-refractivity contribution in [3.05, 3.63) is 29.3 Å². The van der Waals surface area contributed by atoms with Gasteiger partial charge in [-0.3, -0.25) is 9.59 Å². The van der Waals surface area contributed by atoms with Gasteiger partial charge >= 0.3 is 0 Å². The Bertz CT molecular complexity index is 458. The molecule has 0 bridgehead atoms. The molecule has 0 atom stereocenters. The van der Waals surface area contributed by atoms with E-state index in [1.54, 1.807) is 6.07 Å². The first-order valence-corrected chi connectivity index (χ1v) is 6.41. The molecule has 2 amide bonds. The fraction of sp³-hybridized carbons (Fsp3) is 0.429. The van der Waals surface area contributed by atoms with Gasteiger partial charge in [-0.15, -0.1) is 0 Å². The van der Waals surface area contributed by atoms with Crippen LogP contribution in [-0.4, -0.2) is 32.0 Å². The highest BCUT2D eigenvalue weighted by Gasteiger charge is 2.09. The van der Waals surface area contributed by atoms with Crippen LogP contribution in [0.3, 0.4) is 0 Å². The first-order valence-electron chi connectivity index (χ1n) is 6.41. The number of anilines is 1. The third-order valence-corrected chi connectivity index (χ3v) is 2.77. The number of carbonyl (C=O) groups is 2. The zero-order chi connectivity index (χ0) is 14.3. The van der Waals surface area contributed by atoms with Crippen LogP contribution in [0.2, 0.25) is 0 Å². The number of rotatable bonds is 6. The van der Waals surface area contributed by atoms with Gasteiger partial charge in [0, 0.05) is 37.8 Å². The maximum absolute atomic E-state index is 11.9. The number of carbonyl (C=O) groups excluding carboxylic acids is 2. The molecular formula is C14H21N3O2. The van der Waals surface area contributed by atoms with Gasteiger partial charge in [0.2, 0.25) is 5.91 Å². The summed E-state index contributed by atoms with van der Waals surface area (Å²) in [6.45, 7) is 4.71. The normalized spacial score (nSPS) is 9.84. The zero-order valence-electron chi connectivity index (χ0n) is 11.7. The molecule has 3 N–H and O–H groups in total. The summed E-state index contributed by atoms with van der Waals surface area (Å²) in [6, 6.07) is 5.55. The van der Waals surface area contributed by atoms with E-state index >= 15 is 0 Å². The molecule has 0 unspecified atom stereocenters. The van der Waals surface area contributed by atoms with Crippen LogP contribution in [0.5, 0.6) is 0 Å². The van der Waals surface area contributed by atoms with Crippen LogP contribution in [0.25, 0.3) is 0 Å². The monoisotopic (exact) mass is 263 g/mol. The molecule has 0 spiro atoms. The molecule has 5 nitrogen and oxygen atoms in total. The highest BCUT2D eigenvalue weighted by molar-refractivity contribution is 5.96. The van der Waals surface area contributed by atoms with Gasteiger partial charge in [0.15, 0.2) is 0 Å². The molecule has 0 saturated heterocycles. The van der Waals surface area contributed by atoms with Crippen LogP contribution in [-0.2, 0) is 4.79 Å². The van der Waals surface area contributed by atoms with Gasteiger partial charge in [-0.1, -0.05) is 0 Å². The maximum Gasteiger partial charge on any atom is 0.251 e. The van der Waals surface area contributed by atoms with Crippen LogP contribution in [0.1, 0.15) is 29.3 Å². The van der Waals surface area contributed by atoms with Crippen molar-refractivity contribution in [3.63, 3.8) is 0 Å². The summed E-state index contributed by atoms with van der Waals surface area (Å²) in [7, 11) is 1.83. The lowest BCUT2D eigenvalue weighted by Crippen LogP contribution is -2.30. The Balaban J connectivity index is 2.52. The molecule has 0 aromatic heterocycles. The molecule has 0 aliphatic heterocycles. The lowest BCUT2D eigenvalue weighted by Gasteiger charge is -2.09. The van der Waals surface area contributed by atoms with Gasteiger partial charge in [0.1, 0.15) is 0 Å². The van der Waals surface area contributed by atoms with Crippen molar-refractivity contribution in [3.8, 4) is 0 Å². The van der Waals surface area contributed by atoms with Gasteiger partial charge in [-0.25, -0.2) is 0 Å². The second kappa shape index (κ2) is 7.41. The van der Waals surface area contributed by atoms with Crippen molar-refractivity contribution >= 4 is 17.5 Å². The van der Waals surface area contributed by atoms with Gasteiger partial charge in [-0.05, 0) is 37.6 Å². The van der Waals surface area contributed by atoms with Gasteiger partial charge in [-0.2, -0.15) is 0 Å². The average molecular weight is 263 g/mol. The number of amides is 2. The second-order valence-corrected chi connectivity index (χ2v) is 4.24. The Morgan fingerprint density at radius 2 is 1.95 bits per heavy atom. The molecular weight excluding hydrogens is 242 g/mol. The molecule has 1 aromatic carbocycles. The number of aryl methyl sites for hydroxylation is 1. The summed E-state index contributed by atoms with van der Waals surface area (Å²) in [4.78, 5) is 23.2. The molecule has 1 rings (SSSR count). The Morgan fingerprint density at radius 3 is 2.53 bits per heavy atom. The van der Waals surface area contributed by atoms with Crippen molar-refractivity contribution < 1.29 is 9.59 Å². The Kier molecular flexibility index (Phi) is 5.85. The third-order valence-electron chi connectivity index (χ3n) is 2.77. The van der Waals surface area contributed by atoms with Crippen LogP contribution in [0.4, 0.5) is 5.69 Å². The van der Waals surface area contributed by atoms with E-state index in [2.05, 4.69) is 16.0 Å². The number of hydrogen-bond acceptors (Lipinski definition) is 3. The van der Waals surface area contributed by atoms with E-state index in [-0.39, 0.29) is 11.8 Å². The maximum atomic E-state index is 11.9. The van der Waals surface area contributed by atoms with Crippen molar-refractivity contribution in [2.45, 2.75) is 20.3 Å². The smallest absolute Gasteiger partial charge is 0.251 e. The summed E-state index contributed by atoms with van der Waals surface area (Å²) in [5.41, 5.74) is 2.51. The SMILES string of the molecule is CCNC(=O)CCNC(=O)c1ccc(NC)cc1C. The van der Waals surface area contributed by atoms with Gasteiger partial charge in [0.05, 0.1) is 0 Å². The minimum absolute atomic E-state index is 0.0509. The second-order valence-electron chi connectivity index (χ2n) is 4.24. The van der Waals surface area contributed by atoms with E-state index < -0.39 is 0 Å². The number of hydrogen-bond donors (Lipinski definition) is 3. The molecule has 19 heavy (non-hydrogen) atoms. The molecule has 0 aliphatic rings. The minimum atomic E-state index is -0.149. The van der Waals surface area contributed by atoms with Crippen molar-refractivity contribution in [2.24, 2.45) is 0 Å². The minimum Gasteiger partial charge on any atom is -0.388 e. The predicted molar refractivity (Wildman–Crippen MR) is 76.4 cm³/mol. The van der Waals surface area contributed by atoms with Crippen LogP contribution in [0.15, 0.2) is 18.2 Å². The summed E-state index contributed by atoms with van der Waals surface area (Å²) >= 11 is 0. The van der Waals surface area contributed by atoms with E-state index in [1.165, 1.54) is 0 Å².